The third-order valence-corrected chi connectivity index (χ3v) is 0.171. The summed E-state index contributed by atoms with van der Waals surface area (Å²) < 4.78 is 0. The lowest BCUT2D eigenvalue weighted by molar-refractivity contribution is 0.475. The lowest BCUT2D eigenvalue weighted by Gasteiger charge is -1.53. The van der Waals surface area contributed by atoms with Gasteiger partial charge in [-0.25, -0.2) is 0 Å². The molecule has 0 aromatic carbocycles. The van der Waals surface area contributed by atoms with E-state index >= 15 is 0 Å². The monoisotopic (exact) mass is 71.0 g/mol. The Morgan fingerprint density at radius 2 is 2.40 bits per heavy atom. The van der Waals surface area contributed by atoms with Crippen LogP contribution in [0.5, 0.6) is 0 Å². The summed E-state index contributed by atoms with van der Waals surface area (Å²) in [4.78, 5) is 0. The first-order valence-electron chi connectivity index (χ1n) is 1.17. The van der Waals surface area contributed by atoms with Gasteiger partial charge in [-0.15, -0.1) is 0 Å². The fourth-order valence-electron chi connectivity index (χ4n) is 0.0430. The average molecular weight is 71.1 g/mol. The van der Waals surface area contributed by atoms with Crippen LogP contribution in [-0.2, 0) is 0 Å². The first-order chi connectivity index (χ1) is 2.41. The van der Waals surface area contributed by atoms with Crippen molar-refractivity contribution < 1.29 is 5.11 Å². The highest BCUT2D eigenvalue weighted by atomic mass is 16.2. The van der Waals surface area contributed by atoms with Crippen LogP contribution in [0.2, 0.25) is 0 Å². The molecule has 0 fully saturated rings. The quantitative estimate of drug-likeness (QED) is 0.315. The molecule has 0 radical (unpaired) electrons. The second-order valence-electron chi connectivity index (χ2n) is 0.462. The van der Waals surface area contributed by atoms with Gasteiger partial charge in [0.25, 0.3) is 0 Å². The van der Waals surface area contributed by atoms with E-state index in [4.69, 9.17) is 10.8 Å². The smallest absolute Gasteiger partial charge is 0.123 e. The molecule has 0 aromatic rings. The van der Waals surface area contributed by atoms with Crippen molar-refractivity contribution in [2.24, 2.45) is 5.73 Å². The maximum absolute atomic E-state index is 7.72. The van der Waals surface area contributed by atoms with E-state index in [2.05, 4.69) is 5.73 Å². The number of hydrogen-bond donors (Lipinski definition) is 2. The number of aliphatic hydroxyl groups excluding tert-OH is 1. The van der Waals surface area contributed by atoms with Crippen LogP contribution in [0.4, 0.5) is 0 Å². The summed E-state index contributed by atoms with van der Waals surface area (Å²) in [7, 11) is 0. The van der Waals surface area contributed by atoms with E-state index in [1.807, 2.05) is 0 Å². The third kappa shape index (κ3) is 3.12. The van der Waals surface area contributed by atoms with Crippen molar-refractivity contribution in [2.45, 2.75) is 0 Å². The zero-order valence-electron chi connectivity index (χ0n) is 2.68. The van der Waals surface area contributed by atoms with Crippen molar-refractivity contribution >= 4 is 0 Å². The number of aliphatic hydroxyl groups is 1. The molecule has 0 rings (SSSR count). The Morgan fingerprint density at radius 3 is 2.40 bits per heavy atom. The Bertz CT molecular complexity index is 55.3. The van der Waals surface area contributed by atoms with Gasteiger partial charge in [0.2, 0.25) is 0 Å². The van der Waals surface area contributed by atoms with E-state index in [1.165, 1.54) is 0 Å². The Balaban J connectivity index is 3.26. The number of nitrogens with two attached hydrogens (primary N) is 1. The van der Waals surface area contributed by atoms with Gasteiger partial charge in [0, 0.05) is 6.20 Å². The topological polar surface area (TPSA) is 46.2 Å². The Hall–Kier alpha value is -0.880. The molecular formula is C3H5NO. The molecule has 0 spiro atoms. The van der Waals surface area contributed by atoms with Gasteiger partial charge >= 0.3 is 0 Å². The SMILES string of the molecule is NC=C=CO. The first-order valence-corrected chi connectivity index (χ1v) is 1.17. The second kappa shape index (κ2) is 3.12. The van der Waals surface area contributed by atoms with Crippen LogP contribution in [0.25, 0.3) is 0 Å². The Kier molecular flexibility index (Phi) is 2.57. The second-order valence-corrected chi connectivity index (χ2v) is 0.462. The van der Waals surface area contributed by atoms with Gasteiger partial charge in [-0.1, -0.05) is 5.73 Å². The molecule has 0 unspecified atom stereocenters. The van der Waals surface area contributed by atoms with E-state index in [-0.39, 0.29) is 0 Å². The molecule has 5 heavy (non-hydrogen) atoms. The molecule has 0 atom stereocenters. The van der Waals surface area contributed by atoms with Crippen molar-refractivity contribution in [1.29, 1.82) is 0 Å². The largest absolute Gasteiger partial charge is 0.507 e. The van der Waals surface area contributed by atoms with Crippen molar-refractivity contribution in [3.63, 3.8) is 0 Å². The molecule has 0 saturated heterocycles. The van der Waals surface area contributed by atoms with Crippen LogP contribution in [-0.4, -0.2) is 5.11 Å². The highest BCUT2D eigenvalue weighted by Gasteiger charge is 1.35. The molecule has 0 aliphatic carbocycles. The highest BCUT2D eigenvalue weighted by Crippen LogP contribution is 1.44. The normalized spacial score (nSPS) is 4.80. The molecule has 0 saturated carbocycles. The van der Waals surface area contributed by atoms with Crippen molar-refractivity contribution in [1.82, 2.24) is 0 Å². The van der Waals surface area contributed by atoms with Crippen LogP contribution >= 0.6 is 0 Å². The van der Waals surface area contributed by atoms with E-state index in [9.17, 15) is 0 Å². The number of hydrogen-bond acceptors (Lipinski definition) is 2. The fourth-order valence-corrected chi connectivity index (χ4v) is 0.0430. The summed E-state index contributed by atoms with van der Waals surface area (Å²) in [5.74, 6) is 0. The lowest BCUT2D eigenvalue weighted by atomic mass is 10.9. The standard InChI is InChI=1S/C3H5NO/c4-2-1-3-5/h2-3,5H,4H2. The molecule has 2 nitrogen and oxygen atoms in total. The van der Waals surface area contributed by atoms with Crippen molar-refractivity contribution in [2.75, 3.05) is 0 Å². The highest BCUT2D eigenvalue weighted by molar-refractivity contribution is 4.70. The van der Waals surface area contributed by atoms with Gasteiger partial charge in [0.15, 0.2) is 0 Å². The van der Waals surface area contributed by atoms with Gasteiger partial charge in [0.05, 0.1) is 0 Å². The van der Waals surface area contributed by atoms with E-state index in [1.54, 1.807) is 0 Å². The summed E-state index contributed by atoms with van der Waals surface area (Å²) in [6.45, 7) is 0. The van der Waals surface area contributed by atoms with Crippen LogP contribution in [0.1, 0.15) is 0 Å². The maximum Gasteiger partial charge on any atom is 0.123 e. The van der Waals surface area contributed by atoms with E-state index < -0.39 is 0 Å². The molecule has 0 bridgehead atoms. The molecule has 0 aliphatic heterocycles. The van der Waals surface area contributed by atoms with Crippen LogP contribution in [0.3, 0.4) is 0 Å². The molecule has 0 aromatic heterocycles. The molecule has 3 N–H and O–H groups in total. The van der Waals surface area contributed by atoms with Gasteiger partial charge in [0.1, 0.15) is 6.26 Å². The predicted molar refractivity (Wildman–Crippen MR) is 19.5 cm³/mol. The van der Waals surface area contributed by atoms with Gasteiger partial charge in [-0.3, -0.25) is 0 Å². The minimum absolute atomic E-state index is 0.750. The fraction of sp³-hybridized carbons (Fsp3) is 0. The van der Waals surface area contributed by atoms with Gasteiger partial charge in [-0.05, 0) is 0 Å². The zero-order valence-corrected chi connectivity index (χ0v) is 2.68. The molecule has 28 valence electrons. The summed E-state index contributed by atoms with van der Waals surface area (Å²) in [6.07, 6.45) is 1.88. The summed E-state index contributed by atoms with van der Waals surface area (Å²) in [6, 6.07) is 0. The zero-order chi connectivity index (χ0) is 4.12. The molecule has 0 heterocycles. The van der Waals surface area contributed by atoms with Crippen LogP contribution in [0, 0.1) is 0 Å². The Morgan fingerprint density at radius 1 is 1.80 bits per heavy atom. The molecule has 0 aliphatic rings. The van der Waals surface area contributed by atoms with Crippen molar-refractivity contribution in [3.8, 4) is 0 Å². The molecule has 0 amide bonds. The summed E-state index contributed by atoms with van der Waals surface area (Å²) in [5, 5.41) is 7.72. The van der Waals surface area contributed by atoms with Gasteiger partial charge < -0.3 is 10.8 Å². The van der Waals surface area contributed by atoms with E-state index in [0.29, 0.717) is 0 Å². The maximum atomic E-state index is 7.72. The summed E-state index contributed by atoms with van der Waals surface area (Å²) >= 11 is 0. The first kappa shape index (κ1) is 4.12. The van der Waals surface area contributed by atoms with Gasteiger partial charge in [-0.2, -0.15) is 0 Å². The predicted octanol–water partition coefficient (Wildman–Crippen LogP) is 0.129. The van der Waals surface area contributed by atoms with E-state index in [0.717, 1.165) is 12.5 Å². The molecule has 2 heteroatoms. The van der Waals surface area contributed by atoms with Crippen molar-refractivity contribution in [3.05, 3.63) is 18.2 Å². The molecular weight excluding hydrogens is 66.0 g/mol. The Labute approximate surface area is 30.2 Å². The average Bonchev–Trinajstić information content (AvgIpc) is 1.41. The lowest BCUT2D eigenvalue weighted by Crippen LogP contribution is -1.69. The number of rotatable bonds is 0. The third-order valence-electron chi connectivity index (χ3n) is 0.171. The van der Waals surface area contributed by atoms with Crippen LogP contribution < -0.4 is 5.73 Å². The minimum atomic E-state index is 0.750. The minimum Gasteiger partial charge on any atom is -0.507 e. The summed E-state index contributed by atoms with van der Waals surface area (Å²) in [5.41, 5.74) is 6.91. The van der Waals surface area contributed by atoms with Crippen LogP contribution in [0.15, 0.2) is 18.2 Å².